The number of urea groups is 1. The second-order valence-electron chi connectivity index (χ2n) is 7.62. The first-order chi connectivity index (χ1) is 16.4. The molecule has 1 N–H and O–H groups in total. The van der Waals surface area contributed by atoms with Crippen LogP contribution in [0, 0.1) is 12.7 Å². The highest BCUT2D eigenvalue weighted by Crippen LogP contribution is 2.29. The van der Waals surface area contributed by atoms with Gasteiger partial charge in [0.2, 0.25) is 0 Å². The molecule has 0 aliphatic carbocycles. The summed E-state index contributed by atoms with van der Waals surface area (Å²) in [7, 11) is 1.49. The summed E-state index contributed by atoms with van der Waals surface area (Å²) in [5, 5.41) is 2.21. The molecule has 0 radical (unpaired) electrons. The van der Waals surface area contributed by atoms with Gasteiger partial charge in [-0.05, 0) is 60.5 Å². The minimum Gasteiger partial charge on any atom is -0.497 e. The molecule has 34 heavy (non-hydrogen) atoms. The van der Waals surface area contributed by atoms with E-state index in [4.69, 9.17) is 9.47 Å². The number of imide groups is 2. The van der Waals surface area contributed by atoms with Gasteiger partial charge in [0.05, 0.1) is 12.8 Å². The second kappa shape index (κ2) is 9.58. The van der Waals surface area contributed by atoms with Crippen LogP contribution in [0.5, 0.6) is 11.5 Å². The van der Waals surface area contributed by atoms with E-state index in [2.05, 4.69) is 5.32 Å². The Kier molecular flexibility index (Phi) is 6.40. The summed E-state index contributed by atoms with van der Waals surface area (Å²) in [6.07, 6.45) is 1.35. The van der Waals surface area contributed by atoms with E-state index in [1.54, 1.807) is 48.5 Å². The van der Waals surface area contributed by atoms with Crippen molar-refractivity contribution in [3.63, 3.8) is 0 Å². The molecule has 3 aromatic carbocycles. The van der Waals surface area contributed by atoms with Crippen LogP contribution in [-0.4, -0.2) is 25.0 Å². The quantitative estimate of drug-likeness (QED) is 0.436. The molecule has 0 atom stereocenters. The van der Waals surface area contributed by atoms with Crippen molar-refractivity contribution in [2.75, 3.05) is 12.0 Å². The molecular weight excluding hydrogens is 439 g/mol. The molecule has 0 spiro atoms. The SMILES string of the molecule is COc1ccc(/C=C2\C(=O)NC(=O)N(c3cccc(C)c3)C2=O)c(OCc2cccc(F)c2)c1. The number of ether oxygens (including phenoxy) is 2. The lowest BCUT2D eigenvalue weighted by atomic mass is 10.1. The zero-order chi connectivity index (χ0) is 24.2. The number of hydrogen-bond donors (Lipinski definition) is 1. The smallest absolute Gasteiger partial charge is 0.335 e. The fourth-order valence-corrected chi connectivity index (χ4v) is 3.49. The van der Waals surface area contributed by atoms with Crippen molar-refractivity contribution >= 4 is 29.6 Å². The number of rotatable bonds is 6. The Labute approximate surface area is 195 Å². The Balaban J connectivity index is 1.69. The number of hydrogen-bond acceptors (Lipinski definition) is 5. The van der Waals surface area contributed by atoms with Crippen LogP contribution in [0.1, 0.15) is 16.7 Å². The highest BCUT2D eigenvalue weighted by Gasteiger charge is 2.37. The molecule has 0 aromatic heterocycles. The summed E-state index contributed by atoms with van der Waals surface area (Å²) >= 11 is 0. The molecule has 0 unspecified atom stereocenters. The van der Waals surface area contributed by atoms with Crippen molar-refractivity contribution < 1.29 is 28.2 Å². The van der Waals surface area contributed by atoms with Crippen LogP contribution in [0.25, 0.3) is 6.08 Å². The maximum Gasteiger partial charge on any atom is 0.335 e. The van der Waals surface area contributed by atoms with Crippen LogP contribution in [0.2, 0.25) is 0 Å². The molecule has 4 amide bonds. The van der Waals surface area contributed by atoms with E-state index in [0.29, 0.717) is 28.3 Å². The number of nitrogens with zero attached hydrogens (tertiary/aromatic N) is 1. The number of amides is 4. The number of aryl methyl sites for hydroxylation is 1. The molecule has 0 saturated carbocycles. The summed E-state index contributed by atoms with van der Waals surface area (Å²) in [5.41, 5.74) is 1.97. The fraction of sp³-hybridized carbons (Fsp3) is 0.115. The van der Waals surface area contributed by atoms with E-state index in [1.165, 1.54) is 25.3 Å². The predicted octanol–water partition coefficient (Wildman–Crippen LogP) is 4.39. The van der Waals surface area contributed by atoms with Crippen molar-refractivity contribution in [2.24, 2.45) is 0 Å². The zero-order valence-electron chi connectivity index (χ0n) is 18.5. The van der Waals surface area contributed by atoms with Crippen LogP contribution in [0.4, 0.5) is 14.9 Å². The Morgan fingerprint density at radius 2 is 1.79 bits per heavy atom. The number of methoxy groups -OCH3 is 1. The third-order valence-electron chi connectivity index (χ3n) is 5.17. The predicted molar refractivity (Wildman–Crippen MR) is 124 cm³/mol. The van der Waals surface area contributed by atoms with E-state index < -0.39 is 17.8 Å². The summed E-state index contributed by atoms with van der Waals surface area (Å²) in [4.78, 5) is 39.1. The number of benzene rings is 3. The van der Waals surface area contributed by atoms with Gasteiger partial charge in [0.15, 0.2) is 0 Å². The average molecular weight is 460 g/mol. The van der Waals surface area contributed by atoms with Gasteiger partial charge in [-0.15, -0.1) is 0 Å². The van der Waals surface area contributed by atoms with E-state index in [-0.39, 0.29) is 18.0 Å². The highest BCUT2D eigenvalue weighted by molar-refractivity contribution is 6.39. The minimum atomic E-state index is -0.824. The first-order valence-corrected chi connectivity index (χ1v) is 10.4. The maximum atomic E-state index is 13.5. The maximum absolute atomic E-state index is 13.5. The van der Waals surface area contributed by atoms with Gasteiger partial charge in [-0.1, -0.05) is 24.3 Å². The van der Waals surface area contributed by atoms with E-state index >= 15 is 0 Å². The molecule has 1 fully saturated rings. The first-order valence-electron chi connectivity index (χ1n) is 10.4. The van der Waals surface area contributed by atoms with Crippen LogP contribution in [0.3, 0.4) is 0 Å². The van der Waals surface area contributed by atoms with Crippen molar-refractivity contribution in [1.82, 2.24) is 5.32 Å². The lowest BCUT2D eigenvalue weighted by Crippen LogP contribution is -2.54. The molecule has 4 rings (SSSR count). The molecule has 8 heteroatoms. The molecule has 172 valence electrons. The van der Waals surface area contributed by atoms with Crippen LogP contribution < -0.4 is 19.7 Å². The van der Waals surface area contributed by atoms with Crippen molar-refractivity contribution in [2.45, 2.75) is 13.5 Å². The second-order valence-corrected chi connectivity index (χ2v) is 7.62. The third-order valence-corrected chi connectivity index (χ3v) is 5.17. The summed E-state index contributed by atoms with van der Waals surface area (Å²) < 4.78 is 24.6. The molecule has 3 aromatic rings. The summed E-state index contributed by atoms with van der Waals surface area (Å²) in [5.74, 6) is -1.15. The van der Waals surface area contributed by atoms with E-state index in [0.717, 1.165) is 10.5 Å². The Bertz CT molecular complexity index is 1320. The Morgan fingerprint density at radius 3 is 2.53 bits per heavy atom. The highest BCUT2D eigenvalue weighted by atomic mass is 19.1. The van der Waals surface area contributed by atoms with Crippen molar-refractivity contribution in [3.05, 3.63) is 94.8 Å². The summed E-state index contributed by atoms with van der Waals surface area (Å²) in [6.45, 7) is 1.88. The zero-order valence-corrected chi connectivity index (χ0v) is 18.5. The van der Waals surface area contributed by atoms with Gasteiger partial charge in [-0.3, -0.25) is 14.9 Å². The standard InChI is InChI=1S/C26H21FN2O5/c1-16-5-3-8-20(11-16)29-25(31)22(24(30)28-26(29)32)13-18-9-10-21(33-2)14-23(18)34-15-17-6-4-7-19(27)12-17/h3-14H,15H2,1-2H3,(H,28,30,32)/b22-13+. The fourth-order valence-electron chi connectivity index (χ4n) is 3.49. The largest absolute Gasteiger partial charge is 0.497 e. The molecule has 7 nitrogen and oxygen atoms in total. The first kappa shape index (κ1) is 22.7. The topological polar surface area (TPSA) is 84.9 Å². The number of anilines is 1. The van der Waals surface area contributed by atoms with E-state index in [1.807, 2.05) is 13.0 Å². The molecule has 1 aliphatic heterocycles. The van der Waals surface area contributed by atoms with Crippen molar-refractivity contribution in [1.29, 1.82) is 0 Å². The van der Waals surface area contributed by atoms with Gasteiger partial charge in [-0.2, -0.15) is 0 Å². The molecule has 0 bridgehead atoms. The number of carbonyl (C=O) groups excluding carboxylic acids is 3. The van der Waals surface area contributed by atoms with Crippen molar-refractivity contribution in [3.8, 4) is 11.5 Å². The Morgan fingerprint density at radius 1 is 1.00 bits per heavy atom. The van der Waals surface area contributed by atoms with Crippen LogP contribution in [0.15, 0.2) is 72.3 Å². The van der Waals surface area contributed by atoms with Gasteiger partial charge in [0, 0.05) is 11.6 Å². The molecular formula is C26H21FN2O5. The number of halogens is 1. The average Bonchev–Trinajstić information content (AvgIpc) is 2.81. The number of barbiturate groups is 1. The van der Waals surface area contributed by atoms with Gasteiger partial charge in [0.25, 0.3) is 11.8 Å². The van der Waals surface area contributed by atoms with Gasteiger partial charge in [-0.25, -0.2) is 14.1 Å². The monoisotopic (exact) mass is 460 g/mol. The molecule has 1 aliphatic rings. The normalized spacial score (nSPS) is 14.9. The minimum absolute atomic E-state index is 0.0507. The molecule has 1 saturated heterocycles. The van der Waals surface area contributed by atoms with Crippen LogP contribution in [-0.2, 0) is 16.2 Å². The lowest BCUT2D eigenvalue weighted by molar-refractivity contribution is -0.122. The van der Waals surface area contributed by atoms with E-state index in [9.17, 15) is 18.8 Å². The van der Waals surface area contributed by atoms with Gasteiger partial charge in [0.1, 0.15) is 29.5 Å². The lowest BCUT2D eigenvalue weighted by Gasteiger charge is -2.26. The van der Waals surface area contributed by atoms with Crippen LogP contribution >= 0.6 is 0 Å². The summed E-state index contributed by atoms with van der Waals surface area (Å²) in [6, 6.07) is 16.8. The third kappa shape index (κ3) is 4.80. The number of nitrogens with one attached hydrogen (secondary N) is 1. The Hall–Kier alpha value is -4.46. The number of carbonyl (C=O) groups is 3. The van der Waals surface area contributed by atoms with Gasteiger partial charge < -0.3 is 9.47 Å². The van der Waals surface area contributed by atoms with Gasteiger partial charge >= 0.3 is 6.03 Å². The molecule has 1 heterocycles.